The highest BCUT2D eigenvalue weighted by Crippen LogP contribution is 2.28. The molecule has 7 heteroatoms. The first-order valence-corrected chi connectivity index (χ1v) is 7.59. The van der Waals surface area contributed by atoms with Crippen molar-refractivity contribution in [3.8, 4) is 0 Å². The second kappa shape index (κ2) is 6.30. The van der Waals surface area contributed by atoms with Crippen LogP contribution >= 0.6 is 0 Å². The zero-order valence-electron chi connectivity index (χ0n) is 13.2. The van der Waals surface area contributed by atoms with Crippen molar-refractivity contribution in [3.05, 3.63) is 17.5 Å². The number of hydrogen-bond acceptors (Lipinski definition) is 2. The predicted molar refractivity (Wildman–Crippen MR) is 76.1 cm³/mol. The molecule has 1 fully saturated rings. The Hall–Kier alpha value is -1.53. The number of aromatic nitrogens is 2. The lowest BCUT2D eigenvalue weighted by molar-refractivity contribution is -0.141. The van der Waals surface area contributed by atoms with E-state index in [1.54, 1.807) is 13.8 Å². The largest absolute Gasteiger partial charge is 0.435 e. The van der Waals surface area contributed by atoms with Crippen LogP contribution in [0.25, 0.3) is 0 Å². The van der Waals surface area contributed by atoms with E-state index < -0.39 is 11.9 Å². The van der Waals surface area contributed by atoms with Crippen LogP contribution in [0.3, 0.4) is 0 Å². The SMILES string of the molecule is Cc1cc(C(F)(F)F)nn1C[C@H](C)C(=O)N1CCC[C@@H](C)C1. The first-order chi connectivity index (χ1) is 10.2. The number of halogens is 3. The number of rotatable bonds is 3. The number of aryl methyl sites for hydroxylation is 1. The van der Waals surface area contributed by atoms with Gasteiger partial charge in [0.05, 0.1) is 12.5 Å². The van der Waals surface area contributed by atoms with E-state index in [-0.39, 0.29) is 18.4 Å². The van der Waals surface area contributed by atoms with Crippen molar-refractivity contribution < 1.29 is 18.0 Å². The molecule has 1 aliphatic heterocycles. The maximum Gasteiger partial charge on any atom is 0.435 e. The van der Waals surface area contributed by atoms with E-state index in [0.717, 1.165) is 32.0 Å². The first-order valence-electron chi connectivity index (χ1n) is 7.59. The fraction of sp³-hybridized carbons (Fsp3) is 0.733. The molecule has 0 spiro atoms. The predicted octanol–water partition coefficient (Wildman–Crippen LogP) is 3.10. The number of likely N-dealkylation sites (tertiary alicyclic amines) is 1. The third-order valence-electron chi connectivity index (χ3n) is 4.11. The Kier molecular flexibility index (Phi) is 4.82. The zero-order valence-corrected chi connectivity index (χ0v) is 13.2. The Balaban J connectivity index is 2.04. The van der Waals surface area contributed by atoms with Crippen molar-refractivity contribution in [2.75, 3.05) is 13.1 Å². The van der Waals surface area contributed by atoms with Gasteiger partial charge in [-0.25, -0.2) is 0 Å². The van der Waals surface area contributed by atoms with Crippen LogP contribution in [-0.4, -0.2) is 33.7 Å². The van der Waals surface area contributed by atoms with Crippen molar-refractivity contribution >= 4 is 5.91 Å². The lowest BCUT2D eigenvalue weighted by atomic mass is 9.99. The first kappa shape index (κ1) is 16.8. The molecule has 1 saturated heterocycles. The van der Waals surface area contributed by atoms with Gasteiger partial charge in [-0.2, -0.15) is 18.3 Å². The Morgan fingerprint density at radius 3 is 2.73 bits per heavy atom. The van der Waals surface area contributed by atoms with E-state index >= 15 is 0 Å². The zero-order chi connectivity index (χ0) is 16.5. The van der Waals surface area contributed by atoms with Crippen molar-refractivity contribution in [2.45, 2.75) is 46.3 Å². The summed E-state index contributed by atoms with van der Waals surface area (Å²) in [5, 5.41) is 3.58. The molecule has 1 aromatic rings. The summed E-state index contributed by atoms with van der Waals surface area (Å²) < 4.78 is 39.3. The van der Waals surface area contributed by atoms with Gasteiger partial charge in [-0.15, -0.1) is 0 Å². The molecule has 0 aliphatic carbocycles. The number of carbonyl (C=O) groups excluding carboxylic acids is 1. The van der Waals surface area contributed by atoms with Crippen LogP contribution in [0.1, 0.15) is 38.1 Å². The second-order valence-electron chi connectivity index (χ2n) is 6.28. The molecule has 2 atom stereocenters. The summed E-state index contributed by atoms with van der Waals surface area (Å²) in [5.74, 6) is 0.0909. The minimum Gasteiger partial charge on any atom is -0.342 e. The summed E-state index contributed by atoms with van der Waals surface area (Å²) in [6.45, 7) is 7.07. The van der Waals surface area contributed by atoms with E-state index in [4.69, 9.17) is 0 Å². The van der Waals surface area contributed by atoms with Crippen LogP contribution in [-0.2, 0) is 17.5 Å². The maximum atomic E-state index is 12.7. The van der Waals surface area contributed by atoms with Crippen molar-refractivity contribution in [2.24, 2.45) is 11.8 Å². The molecule has 0 aromatic carbocycles. The standard InChI is InChI=1S/C15H22F3N3O/c1-10-5-4-6-20(8-10)14(22)11(2)9-21-12(3)7-13(19-21)15(16,17)18/h7,10-11H,4-6,8-9H2,1-3H3/t10-,11+/m1/s1. The smallest absolute Gasteiger partial charge is 0.342 e. The van der Waals surface area contributed by atoms with E-state index in [1.807, 2.05) is 4.90 Å². The Morgan fingerprint density at radius 2 is 2.18 bits per heavy atom. The van der Waals surface area contributed by atoms with E-state index in [9.17, 15) is 18.0 Å². The highest BCUT2D eigenvalue weighted by Gasteiger charge is 2.35. The molecule has 1 amide bonds. The van der Waals surface area contributed by atoms with Crippen molar-refractivity contribution in [1.29, 1.82) is 0 Å². The Morgan fingerprint density at radius 1 is 1.50 bits per heavy atom. The van der Waals surface area contributed by atoms with Crippen LogP contribution in [0.15, 0.2) is 6.07 Å². The third kappa shape index (κ3) is 3.81. The van der Waals surface area contributed by atoms with E-state index in [0.29, 0.717) is 11.6 Å². The lowest BCUT2D eigenvalue weighted by Gasteiger charge is -2.32. The summed E-state index contributed by atoms with van der Waals surface area (Å²) in [7, 11) is 0. The molecular formula is C15H22F3N3O. The van der Waals surface area contributed by atoms with Gasteiger partial charge in [-0.3, -0.25) is 9.48 Å². The average Bonchev–Trinajstić information content (AvgIpc) is 2.79. The summed E-state index contributed by atoms with van der Waals surface area (Å²) >= 11 is 0. The van der Waals surface area contributed by atoms with Crippen molar-refractivity contribution in [1.82, 2.24) is 14.7 Å². The molecule has 124 valence electrons. The fourth-order valence-electron chi connectivity index (χ4n) is 2.87. The normalized spacial score (nSPS) is 21.0. The second-order valence-corrected chi connectivity index (χ2v) is 6.28. The van der Waals surface area contributed by atoms with Crippen molar-refractivity contribution in [3.63, 3.8) is 0 Å². The van der Waals surface area contributed by atoms with Gasteiger partial charge < -0.3 is 4.90 Å². The molecule has 0 radical (unpaired) electrons. The van der Waals surface area contributed by atoms with Gasteiger partial charge in [0.15, 0.2) is 5.69 Å². The molecule has 0 bridgehead atoms. The average molecular weight is 317 g/mol. The third-order valence-corrected chi connectivity index (χ3v) is 4.11. The molecule has 2 rings (SSSR count). The number of hydrogen-bond donors (Lipinski definition) is 0. The lowest BCUT2D eigenvalue weighted by Crippen LogP contribution is -2.42. The molecule has 1 aliphatic rings. The van der Waals surface area contributed by atoms with Gasteiger partial charge in [0.25, 0.3) is 0 Å². The summed E-state index contributed by atoms with van der Waals surface area (Å²) in [6, 6.07) is 1.01. The van der Waals surface area contributed by atoms with Gasteiger partial charge in [0, 0.05) is 18.8 Å². The van der Waals surface area contributed by atoms with E-state index in [2.05, 4.69) is 12.0 Å². The fourth-order valence-corrected chi connectivity index (χ4v) is 2.87. The molecule has 4 nitrogen and oxygen atoms in total. The number of amides is 1. The number of carbonyl (C=O) groups is 1. The van der Waals surface area contributed by atoms with Crippen LogP contribution in [0.2, 0.25) is 0 Å². The quantitative estimate of drug-likeness (QED) is 0.859. The highest BCUT2D eigenvalue weighted by atomic mass is 19.4. The Labute approximate surface area is 128 Å². The number of alkyl halides is 3. The summed E-state index contributed by atoms with van der Waals surface area (Å²) in [5.41, 5.74) is -0.491. The van der Waals surface area contributed by atoms with Gasteiger partial charge >= 0.3 is 6.18 Å². The molecular weight excluding hydrogens is 295 g/mol. The van der Waals surface area contributed by atoms with Gasteiger partial charge in [-0.05, 0) is 31.7 Å². The highest BCUT2D eigenvalue weighted by molar-refractivity contribution is 5.78. The van der Waals surface area contributed by atoms with Gasteiger partial charge in [0.1, 0.15) is 0 Å². The minimum atomic E-state index is -4.45. The molecule has 0 N–H and O–H groups in total. The minimum absolute atomic E-state index is 0.00462. The maximum absolute atomic E-state index is 12.7. The van der Waals surface area contributed by atoms with Gasteiger partial charge in [0.2, 0.25) is 5.91 Å². The van der Waals surface area contributed by atoms with Gasteiger partial charge in [-0.1, -0.05) is 13.8 Å². The van der Waals surface area contributed by atoms with Crippen LogP contribution in [0.5, 0.6) is 0 Å². The topological polar surface area (TPSA) is 38.1 Å². The van der Waals surface area contributed by atoms with Crippen LogP contribution < -0.4 is 0 Å². The number of piperidine rings is 1. The monoisotopic (exact) mass is 317 g/mol. The van der Waals surface area contributed by atoms with E-state index in [1.165, 1.54) is 4.68 Å². The number of nitrogens with zero attached hydrogens (tertiary/aromatic N) is 3. The Bertz CT molecular complexity index is 539. The van der Waals surface area contributed by atoms with Crippen LogP contribution in [0, 0.1) is 18.8 Å². The summed E-state index contributed by atoms with van der Waals surface area (Å²) in [6.07, 6.45) is -2.35. The van der Waals surface area contributed by atoms with Crippen LogP contribution in [0.4, 0.5) is 13.2 Å². The molecule has 1 aromatic heterocycles. The summed E-state index contributed by atoms with van der Waals surface area (Å²) in [4.78, 5) is 14.2. The molecule has 2 heterocycles. The molecule has 0 saturated carbocycles. The molecule has 0 unspecified atom stereocenters. The molecule has 22 heavy (non-hydrogen) atoms.